The lowest BCUT2D eigenvalue weighted by atomic mass is 9.67. The van der Waals surface area contributed by atoms with Gasteiger partial charge in [-0.1, -0.05) is 102 Å². The van der Waals surface area contributed by atoms with Crippen LogP contribution in [0.2, 0.25) is 0 Å². The van der Waals surface area contributed by atoms with E-state index in [0.29, 0.717) is 52.0 Å². The van der Waals surface area contributed by atoms with Gasteiger partial charge in [0.2, 0.25) is 0 Å². The van der Waals surface area contributed by atoms with E-state index in [2.05, 4.69) is 111 Å². The zero-order valence-corrected chi connectivity index (χ0v) is 43.7. The molecule has 0 amide bonds. The van der Waals surface area contributed by atoms with Gasteiger partial charge in [-0.05, 0) is 153 Å². The van der Waals surface area contributed by atoms with Crippen LogP contribution >= 0.6 is 0 Å². The number of ether oxygens (including phenoxy) is 7. The van der Waals surface area contributed by atoms with Crippen LogP contribution in [0.4, 0.5) is 0 Å². The number of unbranched alkanes of at least 4 members (excludes halogenated alkanes) is 1. The second-order valence-electron chi connectivity index (χ2n) is 19.7. The fraction of sp³-hybridized carbons (Fsp3) is 0.277. The highest BCUT2D eigenvalue weighted by Gasteiger charge is 2.53. The first-order valence-electron chi connectivity index (χ1n) is 26.4. The Morgan fingerprint density at radius 3 is 1.61 bits per heavy atom. The van der Waals surface area contributed by atoms with Gasteiger partial charge in [-0.25, -0.2) is 4.79 Å². The van der Waals surface area contributed by atoms with E-state index in [1.165, 1.54) is 27.8 Å². The molecular weight excluding hydrogens is 969 g/mol. The van der Waals surface area contributed by atoms with Gasteiger partial charge in [0.05, 0.1) is 75.1 Å². The normalized spacial score (nSPS) is 14.9. The minimum absolute atomic E-state index is 0.00730. The molecular formula is C65H62N2O10. The topological polar surface area (TPSA) is 148 Å². The summed E-state index contributed by atoms with van der Waals surface area (Å²) in [5, 5.41) is 19.9. The van der Waals surface area contributed by atoms with E-state index in [9.17, 15) is 9.90 Å². The number of nitrogens with zero attached hydrogens (tertiary/aromatic N) is 2. The van der Waals surface area contributed by atoms with Gasteiger partial charge in [-0.15, -0.1) is 0 Å². The van der Waals surface area contributed by atoms with E-state index < -0.39 is 16.8 Å². The standard InChI is InChI=1S/C65H62N2O10/c1-42-10-19-49-51-21-12-44(45-13-22-52-50-20-11-43(2)37-57(50)65(59(52)39-45)54-8-6-24-66-61(54)62-55(65)9-7-25-67-62)38-58(51)64(56(49)36-42,46-14-17-48(18-15-46)77-41-75-28-5-4-27-72-29-26-68)47-16-23-60(53(40-47)63(69)70)76-35-34-74-33-32-73-31-30-71-3/h6-25,36-40,68H,4-5,26-35,41H2,1-3H3,(H,69,70). The molecule has 77 heavy (non-hydrogen) atoms. The van der Waals surface area contributed by atoms with Crippen molar-refractivity contribution in [2.45, 2.75) is 37.5 Å². The largest absolute Gasteiger partial charge is 0.490 e. The maximum Gasteiger partial charge on any atom is 0.339 e. The number of aromatic carboxylic acids is 1. The lowest BCUT2D eigenvalue weighted by molar-refractivity contribution is 0.00997. The number of carboxylic acid groups (broad SMARTS) is 1. The third-order valence-electron chi connectivity index (χ3n) is 15.2. The SMILES string of the molecule is COCCOCCOCCOc1ccc(C2(c3ccc(OCOCCCCOCCO)cc3)c3cc(C)ccc3-c3ccc(-c4ccc5c(c4)C4(c6cc(C)ccc6-5)c5cccnc5-c5ncccc54)cc32)cc1C(=O)O. The van der Waals surface area contributed by atoms with Crippen molar-refractivity contribution in [3.8, 4) is 56.3 Å². The molecule has 6 aromatic carbocycles. The summed E-state index contributed by atoms with van der Waals surface area (Å²) < 4.78 is 39.8. The number of hydrogen-bond donors (Lipinski definition) is 2. The second-order valence-corrected chi connectivity index (χ2v) is 19.7. The molecule has 8 aromatic rings. The van der Waals surface area contributed by atoms with Crippen molar-refractivity contribution in [3.05, 3.63) is 213 Å². The van der Waals surface area contributed by atoms with Crippen LogP contribution in [0.1, 0.15) is 78.8 Å². The van der Waals surface area contributed by atoms with Crippen molar-refractivity contribution >= 4 is 5.97 Å². The Labute approximate surface area is 449 Å². The van der Waals surface area contributed by atoms with Gasteiger partial charge < -0.3 is 43.4 Å². The Hall–Kier alpha value is -7.55. The summed E-state index contributed by atoms with van der Waals surface area (Å²) in [5.41, 5.74) is 17.4. The first-order valence-corrected chi connectivity index (χ1v) is 26.4. The third-order valence-corrected chi connectivity index (χ3v) is 15.2. The molecule has 2 aromatic heterocycles. The summed E-state index contributed by atoms with van der Waals surface area (Å²) in [6.45, 7) is 7.90. The van der Waals surface area contributed by atoms with E-state index in [1.54, 1.807) is 19.2 Å². The highest BCUT2D eigenvalue weighted by molar-refractivity contribution is 5.96. The number of aliphatic hydroxyl groups excluding tert-OH is 1. The third kappa shape index (κ3) is 9.39. The molecule has 12 heteroatoms. The highest BCUT2D eigenvalue weighted by atomic mass is 16.7. The molecule has 2 heterocycles. The highest BCUT2D eigenvalue weighted by Crippen LogP contribution is 2.63. The van der Waals surface area contributed by atoms with Crippen molar-refractivity contribution < 1.29 is 48.2 Å². The van der Waals surface area contributed by atoms with E-state index >= 15 is 0 Å². The fourth-order valence-electron chi connectivity index (χ4n) is 11.8. The Balaban J connectivity index is 1.01. The average Bonchev–Trinajstić information content (AvgIpc) is 3.93. The van der Waals surface area contributed by atoms with Gasteiger partial charge in [0, 0.05) is 26.1 Å². The quantitative estimate of drug-likeness (QED) is 0.0438. The Bertz CT molecular complexity index is 3400. The first-order chi connectivity index (χ1) is 37.8. The van der Waals surface area contributed by atoms with Gasteiger partial charge in [0.15, 0.2) is 6.79 Å². The molecule has 0 bridgehead atoms. The van der Waals surface area contributed by atoms with Crippen LogP contribution in [0.15, 0.2) is 152 Å². The average molecular weight is 1030 g/mol. The summed E-state index contributed by atoms with van der Waals surface area (Å²) >= 11 is 0. The summed E-state index contributed by atoms with van der Waals surface area (Å²) in [4.78, 5) is 23.3. The number of pyridine rings is 2. The van der Waals surface area contributed by atoms with Crippen molar-refractivity contribution in [1.82, 2.24) is 9.97 Å². The molecule has 12 nitrogen and oxygen atoms in total. The smallest absolute Gasteiger partial charge is 0.339 e. The fourth-order valence-corrected chi connectivity index (χ4v) is 11.8. The minimum Gasteiger partial charge on any atom is -0.490 e. The van der Waals surface area contributed by atoms with E-state index in [4.69, 9.17) is 48.2 Å². The number of rotatable bonds is 24. The van der Waals surface area contributed by atoms with Crippen LogP contribution in [0.3, 0.4) is 0 Å². The zero-order chi connectivity index (χ0) is 52.9. The molecule has 1 atom stereocenters. The molecule has 2 N–H and O–H groups in total. The number of carboxylic acids is 1. The maximum absolute atomic E-state index is 13.4. The van der Waals surface area contributed by atoms with Gasteiger partial charge in [-0.3, -0.25) is 9.97 Å². The van der Waals surface area contributed by atoms with E-state index in [0.717, 1.165) is 85.4 Å². The zero-order valence-electron chi connectivity index (χ0n) is 43.7. The molecule has 11 rings (SSSR count). The number of hydrogen-bond acceptors (Lipinski definition) is 11. The predicted molar refractivity (Wildman–Crippen MR) is 295 cm³/mol. The number of methoxy groups -OCH3 is 1. The summed E-state index contributed by atoms with van der Waals surface area (Å²) in [6, 6.07) is 49.1. The van der Waals surface area contributed by atoms with Gasteiger partial charge in [0.1, 0.15) is 23.7 Å². The van der Waals surface area contributed by atoms with Crippen LogP contribution < -0.4 is 9.47 Å². The Morgan fingerprint density at radius 1 is 0.494 bits per heavy atom. The van der Waals surface area contributed by atoms with E-state index in [-0.39, 0.29) is 37.9 Å². The molecule has 392 valence electrons. The molecule has 0 radical (unpaired) electrons. The molecule has 1 spiro atoms. The van der Waals surface area contributed by atoms with Gasteiger partial charge >= 0.3 is 5.97 Å². The molecule has 0 saturated heterocycles. The number of carbonyl (C=O) groups is 1. The molecule has 3 aliphatic rings. The molecule has 3 aliphatic carbocycles. The lowest BCUT2D eigenvalue weighted by Crippen LogP contribution is -2.29. The molecule has 0 fully saturated rings. The summed E-state index contributed by atoms with van der Waals surface area (Å²) in [5.74, 6) is -0.224. The second kappa shape index (κ2) is 22.6. The van der Waals surface area contributed by atoms with Crippen LogP contribution in [-0.2, 0) is 34.5 Å². The molecule has 1 unspecified atom stereocenters. The Kier molecular flexibility index (Phi) is 15.1. The monoisotopic (exact) mass is 1030 g/mol. The van der Waals surface area contributed by atoms with E-state index in [1.807, 2.05) is 42.7 Å². The van der Waals surface area contributed by atoms with Crippen LogP contribution in [0.25, 0.3) is 44.8 Å². The Morgan fingerprint density at radius 2 is 1.01 bits per heavy atom. The van der Waals surface area contributed by atoms with Crippen molar-refractivity contribution in [2.75, 3.05) is 80.0 Å². The minimum atomic E-state index is -1.11. The molecule has 0 aliphatic heterocycles. The number of fused-ring (bicyclic) bond motifs is 13. The van der Waals surface area contributed by atoms with Crippen molar-refractivity contribution in [3.63, 3.8) is 0 Å². The predicted octanol–water partition coefficient (Wildman–Crippen LogP) is 11.4. The lowest BCUT2D eigenvalue weighted by Gasteiger charge is -2.35. The number of aryl methyl sites for hydroxylation is 2. The number of aromatic nitrogens is 2. The van der Waals surface area contributed by atoms with Crippen molar-refractivity contribution in [1.29, 1.82) is 0 Å². The maximum atomic E-state index is 13.4. The van der Waals surface area contributed by atoms with Crippen molar-refractivity contribution in [2.24, 2.45) is 0 Å². The van der Waals surface area contributed by atoms with Gasteiger partial charge in [-0.2, -0.15) is 0 Å². The first kappa shape index (κ1) is 51.6. The van der Waals surface area contributed by atoms with Crippen LogP contribution in [0.5, 0.6) is 11.5 Å². The van der Waals surface area contributed by atoms with Gasteiger partial charge in [0.25, 0.3) is 0 Å². The number of benzene rings is 6. The summed E-state index contributed by atoms with van der Waals surface area (Å²) in [7, 11) is 1.63. The van der Waals surface area contributed by atoms with Crippen LogP contribution in [-0.4, -0.2) is 106 Å². The van der Waals surface area contributed by atoms with Crippen LogP contribution in [0, 0.1) is 13.8 Å². The number of aliphatic hydroxyl groups is 1. The molecule has 0 saturated carbocycles. The summed E-state index contributed by atoms with van der Waals surface area (Å²) in [6.07, 6.45) is 5.33.